The molecule has 4 fully saturated rings. The van der Waals surface area contributed by atoms with Crippen LogP contribution in [0.15, 0.2) is 0 Å². The van der Waals surface area contributed by atoms with E-state index < -0.39 is 5.60 Å². The maximum absolute atomic E-state index is 10.9. The van der Waals surface area contributed by atoms with Crippen molar-refractivity contribution in [2.75, 3.05) is 0 Å². The summed E-state index contributed by atoms with van der Waals surface area (Å²) in [6.07, 6.45) is 7.43. The lowest BCUT2D eigenvalue weighted by atomic mass is 9.44. The number of aliphatic hydroxyl groups is 3. The van der Waals surface area contributed by atoms with Crippen LogP contribution in [0.1, 0.15) is 72.1 Å². The molecule has 3 heteroatoms. The van der Waals surface area contributed by atoms with Crippen molar-refractivity contribution >= 4 is 0 Å². The Morgan fingerprint density at radius 1 is 0.783 bits per heavy atom. The highest BCUT2D eigenvalue weighted by molar-refractivity contribution is 5.14. The number of fused-ring (bicyclic) bond motifs is 5. The molecule has 0 aromatic carbocycles. The van der Waals surface area contributed by atoms with E-state index >= 15 is 0 Å². The minimum Gasteiger partial charge on any atom is -0.393 e. The van der Waals surface area contributed by atoms with Crippen LogP contribution in [0.3, 0.4) is 0 Å². The predicted molar refractivity (Wildman–Crippen MR) is 89.7 cm³/mol. The lowest BCUT2D eigenvalue weighted by Crippen LogP contribution is -2.59. The summed E-state index contributed by atoms with van der Waals surface area (Å²) >= 11 is 0. The summed E-state index contributed by atoms with van der Waals surface area (Å²) in [4.78, 5) is 0. The fourth-order valence-electron chi connectivity index (χ4n) is 7.52. The van der Waals surface area contributed by atoms with Crippen molar-refractivity contribution in [1.82, 2.24) is 0 Å². The smallest absolute Gasteiger partial charge is 0.0675 e. The molecule has 4 saturated carbocycles. The van der Waals surface area contributed by atoms with E-state index in [-0.39, 0.29) is 29.0 Å². The molecule has 4 unspecified atom stereocenters. The Labute approximate surface area is 140 Å². The molecule has 3 nitrogen and oxygen atoms in total. The molecule has 0 aliphatic heterocycles. The number of hydrogen-bond acceptors (Lipinski definition) is 3. The minimum absolute atomic E-state index is 0.0191. The van der Waals surface area contributed by atoms with Gasteiger partial charge in [0.15, 0.2) is 0 Å². The van der Waals surface area contributed by atoms with Gasteiger partial charge in [0.05, 0.1) is 17.8 Å². The van der Waals surface area contributed by atoms with E-state index in [4.69, 9.17) is 0 Å². The molecule has 0 saturated heterocycles. The van der Waals surface area contributed by atoms with Crippen LogP contribution in [0.4, 0.5) is 0 Å². The Kier molecular flexibility index (Phi) is 3.52. The van der Waals surface area contributed by atoms with E-state index in [1.165, 1.54) is 6.42 Å². The van der Waals surface area contributed by atoms with Crippen molar-refractivity contribution in [2.45, 2.75) is 89.9 Å². The van der Waals surface area contributed by atoms with E-state index in [1.54, 1.807) is 0 Å². The summed E-state index contributed by atoms with van der Waals surface area (Å²) in [5.74, 6) is 2.03. The number of hydrogen-bond donors (Lipinski definition) is 3. The van der Waals surface area contributed by atoms with Gasteiger partial charge in [-0.3, -0.25) is 0 Å². The molecule has 0 amide bonds. The molecular formula is C20H34O3. The zero-order valence-electron chi connectivity index (χ0n) is 15.0. The van der Waals surface area contributed by atoms with Gasteiger partial charge in [-0.15, -0.1) is 0 Å². The van der Waals surface area contributed by atoms with Crippen LogP contribution in [0, 0.1) is 34.5 Å². The van der Waals surface area contributed by atoms with Gasteiger partial charge in [-0.05, 0) is 92.8 Å². The highest BCUT2D eigenvalue weighted by Gasteiger charge is 2.64. The molecule has 0 spiro atoms. The van der Waals surface area contributed by atoms with Gasteiger partial charge in [0.2, 0.25) is 0 Å². The molecule has 23 heavy (non-hydrogen) atoms. The molecule has 0 aromatic heterocycles. The van der Waals surface area contributed by atoms with Crippen molar-refractivity contribution in [1.29, 1.82) is 0 Å². The maximum atomic E-state index is 10.9. The number of rotatable bonds is 0. The summed E-state index contributed by atoms with van der Waals surface area (Å²) in [7, 11) is 0. The van der Waals surface area contributed by atoms with Gasteiger partial charge >= 0.3 is 0 Å². The van der Waals surface area contributed by atoms with Crippen molar-refractivity contribution in [3.63, 3.8) is 0 Å². The Balaban J connectivity index is 1.68. The van der Waals surface area contributed by atoms with Crippen LogP contribution >= 0.6 is 0 Å². The van der Waals surface area contributed by atoms with Crippen LogP contribution in [-0.2, 0) is 0 Å². The first-order valence-corrected chi connectivity index (χ1v) is 9.77. The first-order valence-electron chi connectivity index (χ1n) is 9.77. The number of aliphatic hydroxyl groups excluding tert-OH is 2. The molecule has 4 aliphatic rings. The fraction of sp³-hybridized carbons (Fsp3) is 1.00. The Bertz CT molecular complexity index is 489. The third-order valence-electron chi connectivity index (χ3n) is 9.21. The Morgan fingerprint density at radius 3 is 2.22 bits per heavy atom. The van der Waals surface area contributed by atoms with Crippen LogP contribution in [0.2, 0.25) is 0 Å². The van der Waals surface area contributed by atoms with Gasteiger partial charge in [0.25, 0.3) is 0 Å². The third-order valence-corrected chi connectivity index (χ3v) is 9.21. The van der Waals surface area contributed by atoms with Crippen LogP contribution in [0.5, 0.6) is 0 Å². The van der Waals surface area contributed by atoms with Crippen molar-refractivity contribution in [3.05, 3.63) is 0 Å². The fourth-order valence-corrected chi connectivity index (χ4v) is 7.52. The van der Waals surface area contributed by atoms with Gasteiger partial charge < -0.3 is 15.3 Å². The van der Waals surface area contributed by atoms with E-state index in [2.05, 4.69) is 13.8 Å². The van der Waals surface area contributed by atoms with Gasteiger partial charge in [0, 0.05) is 0 Å². The lowest BCUT2D eigenvalue weighted by Gasteiger charge is -2.62. The Hall–Kier alpha value is -0.120. The SMILES string of the molecule is CC1(O)CC[C@H]2[C@@H]3CC(O)C4CC(O)CC[C@]4(C)[C@H]3CC[C@@]21C. The van der Waals surface area contributed by atoms with E-state index in [9.17, 15) is 15.3 Å². The Morgan fingerprint density at radius 2 is 1.48 bits per heavy atom. The molecule has 132 valence electrons. The largest absolute Gasteiger partial charge is 0.393 e. The molecule has 9 atom stereocenters. The molecule has 4 aliphatic carbocycles. The maximum Gasteiger partial charge on any atom is 0.0675 e. The van der Waals surface area contributed by atoms with E-state index in [0.29, 0.717) is 17.8 Å². The first kappa shape index (κ1) is 16.4. The second kappa shape index (κ2) is 4.95. The zero-order valence-corrected chi connectivity index (χ0v) is 15.0. The summed E-state index contributed by atoms with van der Waals surface area (Å²) < 4.78 is 0. The van der Waals surface area contributed by atoms with Crippen LogP contribution in [-0.4, -0.2) is 33.1 Å². The molecule has 0 aromatic rings. The topological polar surface area (TPSA) is 60.7 Å². The van der Waals surface area contributed by atoms with Gasteiger partial charge in [-0.2, -0.15) is 0 Å². The monoisotopic (exact) mass is 322 g/mol. The standard InChI is InChI=1S/C20H34O3/c1-18-7-4-12(21)10-16(18)17(22)11-13-14(18)5-8-19(2)15(13)6-9-20(19,3)23/h12-17,21-23H,4-11H2,1-3H3/t12?,13-,14+,15+,16?,17?,18-,19+,20?/m1/s1. The minimum atomic E-state index is -0.548. The zero-order chi connectivity index (χ0) is 16.6. The molecule has 0 bridgehead atoms. The van der Waals surface area contributed by atoms with Crippen molar-refractivity contribution < 1.29 is 15.3 Å². The summed E-state index contributed by atoms with van der Waals surface area (Å²) in [6.45, 7) is 6.72. The molecule has 3 N–H and O–H groups in total. The first-order chi connectivity index (χ1) is 10.7. The second-order valence-corrected chi connectivity index (χ2v) is 9.99. The quantitative estimate of drug-likeness (QED) is 0.642. The molecule has 0 heterocycles. The second-order valence-electron chi connectivity index (χ2n) is 9.99. The predicted octanol–water partition coefficient (Wildman–Crippen LogP) is 3.11. The van der Waals surface area contributed by atoms with Crippen LogP contribution in [0.25, 0.3) is 0 Å². The van der Waals surface area contributed by atoms with E-state index in [1.807, 2.05) is 6.92 Å². The van der Waals surface area contributed by atoms with Crippen molar-refractivity contribution in [2.24, 2.45) is 34.5 Å². The third kappa shape index (κ3) is 2.05. The van der Waals surface area contributed by atoms with Gasteiger partial charge in [-0.1, -0.05) is 13.8 Å². The highest BCUT2D eigenvalue weighted by atomic mass is 16.3. The molecule has 4 rings (SSSR count). The van der Waals surface area contributed by atoms with Gasteiger partial charge in [-0.25, -0.2) is 0 Å². The molecular weight excluding hydrogens is 288 g/mol. The van der Waals surface area contributed by atoms with E-state index in [0.717, 1.165) is 44.9 Å². The van der Waals surface area contributed by atoms with Crippen molar-refractivity contribution in [3.8, 4) is 0 Å². The summed E-state index contributed by atoms with van der Waals surface area (Å²) in [5.41, 5.74) is -0.350. The average molecular weight is 322 g/mol. The summed E-state index contributed by atoms with van der Waals surface area (Å²) in [6, 6.07) is 0. The van der Waals surface area contributed by atoms with Gasteiger partial charge in [0.1, 0.15) is 0 Å². The summed E-state index contributed by atoms with van der Waals surface area (Å²) in [5, 5.41) is 31.9. The molecule has 0 radical (unpaired) electrons. The van der Waals surface area contributed by atoms with Crippen LogP contribution < -0.4 is 0 Å². The lowest BCUT2D eigenvalue weighted by molar-refractivity contribution is -0.185. The average Bonchev–Trinajstić information content (AvgIpc) is 2.72. The normalized spacial score (nSPS) is 62.3. The highest BCUT2D eigenvalue weighted by Crippen LogP contribution is 2.68.